The highest BCUT2D eigenvalue weighted by molar-refractivity contribution is 8.14. The molecule has 0 aliphatic carbocycles. The molecular weight excluding hydrogens is 172 g/mol. The molecule has 2 nitrogen and oxygen atoms in total. The molecule has 0 aliphatic rings. The van der Waals surface area contributed by atoms with Crippen LogP contribution in [-0.4, -0.2) is 13.7 Å². The molecule has 1 atom stereocenters. The second kappa shape index (κ2) is 2.70. The molecule has 0 amide bonds. The van der Waals surface area contributed by atoms with Crippen LogP contribution in [0.4, 0.5) is 0 Å². The van der Waals surface area contributed by atoms with E-state index < -0.39 is 14.3 Å². The van der Waals surface area contributed by atoms with Crippen molar-refractivity contribution in [1.29, 1.82) is 0 Å². The van der Waals surface area contributed by atoms with Crippen molar-refractivity contribution in [1.82, 2.24) is 0 Å². The number of hydrogen-bond acceptors (Lipinski definition) is 2. The van der Waals surface area contributed by atoms with Crippen molar-refractivity contribution >= 4 is 19.7 Å². The van der Waals surface area contributed by atoms with Crippen LogP contribution in [0.2, 0.25) is 0 Å². The predicted molar refractivity (Wildman–Crippen MR) is 43.7 cm³/mol. The molecule has 1 unspecified atom stereocenters. The lowest BCUT2D eigenvalue weighted by Gasteiger charge is -2.23. The molecule has 0 N–H and O–H groups in total. The first-order chi connectivity index (χ1) is 4.15. The van der Waals surface area contributed by atoms with E-state index in [1.807, 2.05) is 20.8 Å². The summed E-state index contributed by atoms with van der Waals surface area (Å²) in [5.74, 6) is 0. The standard InChI is InChI=1S/C6H13ClO2S/c1-5(6(2,3)4)10(7,8)9/h5H,1-4H3. The highest BCUT2D eigenvalue weighted by Gasteiger charge is 2.30. The Hall–Kier alpha value is 0.240. The van der Waals surface area contributed by atoms with E-state index in [9.17, 15) is 8.42 Å². The predicted octanol–water partition coefficient (Wildman–Crippen LogP) is 1.99. The smallest absolute Gasteiger partial charge is 0.212 e. The molecule has 0 fully saturated rings. The molecule has 0 aromatic heterocycles. The van der Waals surface area contributed by atoms with Crippen LogP contribution >= 0.6 is 10.7 Å². The number of rotatable bonds is 1. The van der Waals surface area contributed by atoms with Crippen molar-refractivity contribution in [3.63, 3.8) is 0 Å². The van der Waals surface area contributed by atoms with Crippen LogP contribution in [0.5, 0.6) is 0 Å². The van der Waals surface area contributed by atoms with Gasteiger partial charge in [0.25, 0.3) is 0 Å². The first-order valence-electron chi connectivity index (χ1n) is 3.09. The fourth-order valence-electron chi connectivity index (χ4n) is 0.422. The molecule has 0 heterocycles. The van der Waals surface area contributed by atoms with E-state index >= 15 is 0 Å². The Morgan fingerprint density at radius 2 is 1.60 bits per heavy atom. The van der Waals surface area contributed by atoms with E-state index in [-0.39, 0.29) is 5.41 Å². The molecule has 0 aliphatic heterocycles. The van der Waals surface area contributed by atoms with Crippen molar-refractivity contribution in [3.05, 3.63) is 0 Å². The third-order valence-corrected chi connectivity index (χ3v) is 4.00. The van der Waals surface area contributed by atoms with Crippen molar-refractivity contribution in [2.75, 3.05) is 0 Å². The molecule has 4 heteroatoms. The number of hydrogen-bond donors (Lipinski definition) is 0. The van der Waals surface area contributed by atoms with E-state index in [1.165, 1.54) is 0 Å². The lowest BCUT2D eigenvalue weighted by atomic mass is 9.93. The van der Waals surface area contributed by atoms with E-state index in [2.05, 4.69) is 0 Å². The zero-order valence-electron chi connectivity index (χ0n) is 6.68. The molecule has 0 rings (SSSR count). The van der Waals surface area contributed by atoms with Crippen LogP contribution in [0, 0.1) is 5.41 Å². The molecule has 0 aromatic carbocycles. The van der Waals surface area contributed by atoms with Gasteiger partial charge in [0.2, 0.25) is 9.05 Å². The van der Waals surface area contributed by atoms with E-state index in [0.717, 1.165) is 0 Å². The Balaban J connectivity index is 4.56. The molecule has 0 aromatic rings. The van der Waals surface area contributed by atoms with Crippen LogP contribution in [0.25, 0.3) is 0 Å². The Kier molecular flexibility index (Phi) is 2.77. The van der Waals surface area contributed by atoms with E-state index in [1.54, 1.807) is 6.92 Å². The molecule has 0 saturated heterocycles. The molecule has 62 valence electrons. The summed E-state index contributed by atoms with van der Waals surface area (Å²) in [7, 11) is 1.75. The van der Waals surface area contributed by atoms with Gasteiger partial charge >= 0.3 is 0 Å². The quantitative estimate of drug-likeness (QED) is 0.585. The first-order valence-corrected chi connectivity index (χ1v) is 5.46. The maximum atomic E-state index is 10.7. The van der Waals surface area contributed by atoms with Crippen LogP contribution in [0.15, 0.2) is 0 Å². The summed E-state index contributed by atoms with van der Waals surface area (Å²) in [4.78, 5) is 0. The summed E-state index contributed by atoms with van der Waals surface area (Å²) in [6.07, 6.45) is 0. The van der Waals surface area contributed by atoms with Gasteiger partial charge in [-0.25, -0.2) is 8.42 Å². The zero-order chi connectivity index (χ0) is 8.58. The van der Waals surface area contributed by atoms with Gasteiger partial charge in [0.05, 0.1) is 5.25 Å². The van der Waals surface area contributed by atoms with Gasteiger partial charge in [0, 0.05) is 10.7 Å². The molecule has 0 spiro atoms. The monoisotopic (exact) mass is 184 g/mol. The fourth-order valence-corrected chi connectivity index (χ4v) is 2.07. The Labute approximate surface area is 67.0 Å². The highest BCUT2D eigenvalue weighted by Crippen LogP contribution is 2.27. The second-order valence-electron chi connectivity index (χ2n) is 3.48. The van der Waals surface area contributed by atoms with Gasteiger partial charge in [-0.05, 0) is 12.3 Å². The zero-order valence-corrected chi connectivity index (χ0v) is 8.25. The lowest BCUT2D eigenvalue weighted by Crippen LogP contribution is -2.28. The topological polar surface area (TPSA) is 34.1 Å². The van der Waals surface area contributed by atoms with Crippen LogP contribution in [-0.2, 0) is 9.05 Å². The third-order valence-electron chi connectivity index (χ3n) is 1.64. The van der Waals surface area contributed by atoms with Gasteiger partial charge in [-0.3, -0.25) is 0 Å². The molecular formula is C6H13ClO2S. The first kappa shape index (κ1) is 10.2. The van der Waals surface area contributed by atoms with Gasteiger partial charge in [-0.15, -0.1) is 0 Å². The van der Waals surface area contributed by atoms with Crippen LogP contribution < -0.4 is 0 Å². The minimum absolute atomic E-state index is 0.277. The van der Waals surface area contributed by atoms with Gasteiger partial charge in [0.15, 0.2) is 0 Å². The minimum atomic E-state index is -3.39. The summed E-state index contributed by atoms with van der Waals surface area (Å²) in [5, 5.41) is -0.498. The average molecular weight is 185 g/mol. The molecule has 0 saturated carbocycles. The van der Waals surface area contributed by atoms with Gasteiger partial charge in [0.1, 0.15) is 0 Å². The third kappa shape index (κ3) is 2.88. The van der Waals surface area contributed by atoms with Gasteiger partial charge in [-0.1, -0.05) is 20.8 Å². The fraction of sp³-hybridized carbons (Fsp3) is 1.00. The summed E-state index contributed by atoms with van der Waals surface area (Å²) >= 11 is 0. The minimum Gasteiger partial charge on any atom is -0.212 e. The normalized spacial score (nSPS) is 16.9. The highest BCUT2D eigenvalue weighted by atomic mass is 35.7. The summed E-state index contributed by atoms with van der Waals surface area (Å²) in [6.45, 7) is 7.15. The molecule has 10 heavy (non-hydrogen) atoms. The van der Waals surface area contributed by atoms with Crippen molar-refractivity contribution in [2.45, 2.75) is 32.9 Å². The van der Waals surface area contributed by atoms with Crippen molar-refractivity contribution < 1.29 is 8.42 Å². The van der Waals surface area contributed by atoms with E-state index in [0.29, 0.717) is 0 Å². The maximum absolute atomic E-state index is 10.7. The lowest BCUT2D eigenvalue weighted by molar-refractivity contribution is 0.396. The van der Waals surface area contributed by atoms with Gasteiger partial charge in [-0.2, -0.15) is 0 Å². The Morgan fingerprint density at radius 1 is 1.30 bits per heavy atom. The molecule has 0 radical (unpaired) electrons. The SMILES string of the molecule is CC(C(C)(C)C)S(=O)(=O)Cl. The average Bonchev–Trinajstić information content (AvgIpc) is 1.59. The second-order valence-corrected chi connectivity index (χ2v) is 6.43. The Bertz CT molecular complexity index is 200. The van der Waals surface area contributed by atoms with Crippen molar-refractivity contribution in [3.8, 4) is 0 Å². The largest absolute Gasteiger partial charge is 0.235 e. The van der Waals surface area contributed by atoms with Crippen molar-refractivity contribution in [2.24, 2.45) is 5.41 Å². The summed E-state index contributed by atoms with van der Waals surface area (Å²) in [6, 6.07) is 0. The Morgan fingerprint density at radius 3 is 1.60 bits per heavy atom. The van der Waals surface area contributed by atoms with Gasteiger partial charge < -0.3 is 0 Å². The van der Waals surface area contributed by atoms with Crippen LogP contribution in [0.1, 0.15) is 27.7 Å². The summed E-state index contributed by atoms with van der Waals surface area (Å²) < 4.78 is 21.5. The molecule has 0 bridgehead atoms. The van der Waals surface area contributed by atoms with E-state index in [4.69, 9.17) is 10.7 Å². The maximum Gasteiger partial charge on any atom is 0.235 e. The summed E-state index contributed by atoms with van der Waals surface area (Å²) in [5.41, 5.74) is -0.277. The number of halogens is 1. The van der Waals surface area contributed by atoms with Crippen LogP contribution in [0.3, 0.4) is 0 Å².